The molecule has 1 atom stereocenters. The zero-order valence-electron chi connectivity index (χ0n) is 15.2. The summed E-state index contributed by atoms with van der Waals surface area (Å²) in [4.78, 5) is 17.2. The Morgan fingerprint density at radius 2 is 2.19 bits per heavy atom. The molecule has 0 saturated carbocycles. The minimum Gasteiger partial charge on any atom is -0.494 e. The number of nitrogens with zero attached hydrogens (tertiary/aromatic N) is 4. The molecule has 0 bridgehead atoms. The maximum atomic E-state index is 12.8. The molecular formula is C19H22N4O3. The molecule has 3 heterocycles. The number of fused-ring (bicyclic) bond motifs is 2. The maximum Gasteiger partial charge on any atom is 0.264 e. The summed E-state index contributed by atoms with van der Waals surface area (Å²) in [6.07, 6.45) is 4.20. The van der Waals surface area contributed by atoms with Crippen molar-refractivity contribution in [2.24, 2.45) is 0 Å². The summed E-state index contributed by atoms with van der Waals surface area (Å²) in [6, 6.07) is 4.01. The van der Waals surface area contributed by atoms with Gasteiger partial charge in [-0.3, -0.25) is 9.36 Å². The minimum absolute atomic E-state index is 0.105. The van der Waals surface area contributed by atoms with Crippen LogP contribution in [0.5, 0.6) is 11.5 Å². The van der Waals surface area contributed by atoms with Crippen molar-refractivity contribution in [2.75, 3.05) is 6.61 Å². The van der Waals surface area contributed by atoms with E-state index in [1.165, 1.54) is 0 Å². The molecule has 0 amide bonds. The van der Waals surface area contributed by atoms with Crippen LogP contribution < -0.4 is 15.0 Å². The molecule has 1 aliphatic rings. The molecule has 1 unspecified atom stereocenters. The van der Waals surface area contributed by atoms with Crippen LogP contribution in [0.2, 0.25) is 0 Å². The summed E-state index contributed by atoms with van der Waals surface area (Å²) in [5, 5.41) is 4.75. The molecule has 7 nitrogen and oxygen atoms in total. The Kier molecular flexibility index (Phi) is 4.14. The van der Waals surface area contributed by atoms with E-state index < -0.39 is 0 Å². The molecule has 3 aromatic rings. The molecule has 0 N–H and O–H groups in total. The fourth-order valence-corrected chi connectivity index (χ4v) is 3.42. The quantitative estimate of drug-likeness (QED) is 0.703. The van der Waals surface area contributed by atoms with Crippen molar-refractivity contribution < 1.29 is 9.47 Å². The van der Waals surface area contributed by atoms with Gasteiger partial charge in [0.25, 0.3) is 5.56 Å². The van der Waals surface area contributed by atoms with E-state index in [-0.39, 0.29) is 11.7 Å². The van der Waals surface area contributed by atoms with Gasteiger partial charge in [-0.1, -0.05) is 0 Å². The Hall–Kier alpha value is -2.83. The van der Waals surface area contributed by atoms with E-state index in [0.717, 1.165) is 29.0 Å². The monoisotopic (exact) mass is 354 g/mol. The number of hydrogen-bond donors (Lipinski definition) is 0. The first-order chi connectivity index (χ1) is 12.6. The average Bonchev–Trinajstić information content (AvgIpc) is 3.20. The van der Waals surface area contributed by atoms with Gasteiger partial charge < -0.3 is 9.47 Å². The van der Waals surface area contributed by atoms with Gasteiger partial charge in [0.05, 0.1) is 19.3 Å². The summed E-state index contributed by atoms with van der Waals surface area (Å²) in [5.41, 5.74) is 2.57. The van der Waals surface area contributed by atoms with Crippen molar-refractivity contribution in [2.45, 2.75) is 46.4 Å². The van der Waals surface area contributed by atoms with Gasteiger partial charge in [-0.05, 0) is 32.9 Å². The number of benzene rings is 1. The Balaban J connectivity index is 1.75. The highest BCUT2D eigenvalue weighted by Gasteiger charge is 2.22. The molecule has 2 aromatic heterocycles. The molecule has 0 saturated heterocycles. The average molecular weight is 354 g/mol. The van der Waals surface area contributed by atoms with Crippen LogP contribution in [-0.4, -0.2) is 32.0 Å². The smallest absolute Gasteiger partial charge is 0.264 e. The molecule has 0 aliphatic carbocycles. The summed E-state index contributed by atoms with van der Waals surface area (Å²) < 4.78 is 15.0. The molecule has 0 fully saturated rings. The van der Waals surface area contributed by atoms with Crippen LogP contribution in [0, 0.1) is 0 Å². The predicted octanol–water partition coefficient (Wildman–Crippen LogP) is 2.38. The van der Waals surface area contributed by atoms with E-state index in [1.54, 1.807) is 21.8 Å². The van der Waals surface area contributed by atoms with E-state index in [9.17, 15) is 4.79 Å². The van der Waals surface area contributed by atoms with Crippen LogP contribution in [-0.2, 0) is 19.5 Å². The van der Waals surface area contributed by atoms with E-state index in [1.807, 2.05) is 32.9 Å². The lowest BCUT2D eigenvalue weighted by molar-refractivity contribution is 0.254. The second kappa shape index (κ2) is 6.48. The molecule has 4 rings (SSSR count). The van der Waals surface area contributed by atoms with Crippen LogP contribution in [0.3, 0.4) is 0 Å². The maximum absolute atomic E-state index is 12.8. The van der Waals surface area contributed by atoms with Gasteiger partial charge in [0.1, 0.15) is 29.3 Å². The minimum atomic E-state index is -0.105. The normalized spacial score (nSPS) is 15.9. The SMILES string of the molecule is CCOc1cc2c(cc1Cn1cnc3c(cnn3CC)c1=O)OC(C)C2. The molecular weight excluding hydrogens is 332 g/mol. The molecule has 1 aliphatic heterocycles. The first kappa shape index (κ1) is 16.6. The summed E-state index contributed by atoms with van der Waals surface area (Å²) in [7, 11) is 0. The Morgan fingerprint density at radius 3 is 2.96 bits per heavy atom. The van der Waals surface area contributed by atoms with Crippen LogP contribution in [0.15, 0.2) is 29.5 Å². The fraction of sp³-hybridized carbons (Fsp3) is 0.421. The highest BCUT2D eigenvalue weighted by molar-refractivity contribution is 5.72. The Bertz CT molecular complexity index is 1020. The van der Waals surface area contributed by atoms with Gasteiger partial charge in [-0.25, -0.2) is 9.67 Å². The van der Waals surface area contributed by atoms with Crippen molar-refractivity contribution in [3.8, 4) is 11.5 Å². The molecule has 0 radical (unpaired) electrons. The van der Waals surface area contributed by atoms with E-state index in [0.29, 0.717) is 30.7 Å². The second-order valence-electron chi connectivity index (χ2n) is 6.51. The predicted molar refractivity (Wildman–Crippen MR) is 98.0 cm³/mol. The Morgan fingerprint density at radius 1 is 1.35 bits per heavy atom. The molecule has 1 aromatic carbocycles. The van der Waals surface area contributed by atoms with Crippen molar-refractivity contribution in [1.82, 2.24) is 19.3 Å². The summed E-state index contributed by atoms with van der Waals surface area (Å²) >= 11 is 0. The molecule has 0 spiro atoms. The first-order valence-corrected chi connectivity index (χ1v) is 8.96. The first-order valence-electron chi connectivity index (χ1n) is 8.96. The lowest BCUT2D eigenvalue weighted by Crippen LogP contribution is -2.21. The third-order valence-electron chi connectivity index (χ3n) is 4.64. The zero-order valence-corrected chi connectivity index (χ0v) is 15.2. The topological polar surface area (TPSA) is 71.2 Å². The van der Waals surface area contributed by atoms with E-state index in [2.05, 4.69) is 10.1 Å². The standard InChI is InChI=1S/C19H22N4O3/c1-4-23-18-15(9-21-23)19(24)22(11-20-18)10-14-8-17-13(6-12(3)26-17)7-16(14)25-5-2/h7-9,11-12H,4-6,10H2,1-3H3. The molecule has 136 valence electrons. The number of rotatable bonds is 5. The number of hydrogen-bond acceptors (Lipinski definition) is 5. The Labute approximate surface area is 151 Å². The van der Waals surface area contributed by atoms with E-state index >= 15 is 0 Å². The summed E-state index contributed by atoms with van der Waals surface area (Å²) in [6.45, 7) is 7.59. The van der Waals surface area contributed by atoms with Gasteiger partial charge in [0.2, 0.25) is 0 Å². The van der Waals surface area contributed by atoms with Crippen molar-refractivity contribution in [3.63, 3.8) is 0 Å². The second-order valence-corrected chi connectivity index (χ2v) is 6.51. The van der Waals surface area contributed by atoms with Crippen LogP contribution in [0.4, 0.5) is 0 Å². The lowest BCUT2D eigenvalue weighted by atomic mass is 10.1. The summed E-state index contributed by atoms with van der Waals surface area (Å²) in [5.74, 6) is 1.66. The fourth-order valence-electron chi connectivity index (χ4n) is 3.42. The van der Waals surface area contributed by atoms with Crippen molar-refractivity contribution in [3.05, 3.63) is 46.1 Å². The van der Waals surface area contributed by atoms with Gasteiger partial charge in [-0.2, -0.15) is 5.10 Å². The van der Waals surface area contributed by atoms with E-state index in [4.69, 9.17) is 9.47 Å². The van der Waals surface area contributed by atoms with Crippen LogP contribution >= 0.6 is 0 Å². The molecule has 7 heteroatoms. The van der Waals surface area contributed by atoms with Gasteiger partial charge in [0.15, 0.2) is 5.65 Å². The van der Waals surface area contributed by atoms with Gasteiger partial charge >= 0.3 is 0 Å². The third-order valence-corrected chi connectivity index (χ3v) is 4.64. The van der Waals surface area contributed by atoms with Crippen molar-refractivity contribution >= 4 is 11.0 Å². The highest BCUT2D eigenvalue weighted by atomic mass is 16.5. The number of aromatic nitrogens is 4. The van der Waals surface area contributed by atoms with Gasteiger partial charge in [0, 0.05) is 24.1 Å². The van der Waals surface area contributed by atoms with Crippen molar-refractivity contribution in [1.29, 1.82) is 0 Å². The number of aryl methyl sites for hydroxylation is 1. The highest BCUT2D eigenvalue weighted by Crippen LogP contribution is 2.35. The molecule has 26 heavy (non-hydrogen) atoms. The van der Waals surface area contributed by atoms with Gasteiger partial charge in [-0.15, -0.1) is 0 Å². The van der Waals surface area contributed by atoms with Crippen LogP contribution in [0.1, 0.15) is 31.9 Å². The van der Waals surface area contributed by atoms with Crippen LogP contribution in [0.25, 0.3) is 11.0 Å². The third kappa shape index (κ3) is 2.73. The number of ether oxygens (including phenoxy) is 2. The largest absolute Gasteiger partial charge is 0.494 e. The zero-order chi connectivity index (χ0) is 18.3. The lowest BCUT2D eigenvalue weighted by Gasteiger charge is -2.13.